The molecule has 0 aliphatic heterocycles. The lowest BCUT2D eigenvalue weighted by Crippen LogP contribution is -2.14. The van der Waals surface area contributed by atoms with Gasteiger partial charge in [0.15, 0.2) is 0 Å². The van der Waals surface area contributed by atoms with E-state index >= 15 is 0 Å². The molecule has 0 radical (unpaired) electrons. The van der Waals surface area contributed by atoms with Gasteiger partial charge in [0.2, 0.25) is 12.2 Å². The van der Waals surface area contributed by atoms with Gasteiger partial charge in [0, 0.05) is 0 Å². The van der Waals surface area contributed by atoms with E-state index in [-0.39, 0.29) is 6.04 Å². The molecule has 0 spiro atoms. The van der Waals surface area contributed by atoms with Gasteiger partial charge in [0.05, 0.1) is 12.6 Å². The van der Waals surface area contributed by atoms with Crippen LogP contribution in [0.15, 0.2) is 9.98 Å². The number of carbonyl (C=O) groups excluding carboxylic acids is 2. The van der Waals surface area contributed by atoms with Crippen LogP contribution in [0.4, 0.5) is 0 Å². The molecule has 0 aromatic heterocycles. The number of rotatable bonds is 9. The van der Waals surface area contributed by atoms with E-state index in [0.717, 1.165) is 32.1 Å². The molecule has 0 amide bonds. The SMILES string of the molecule is CCC(C)C(CCCCCN=C=O)N=C=O. The second kappa shape index (κ2) is 10.3. The Hall–Kier alpha value is -1.24. The Labute approximate surface area is 96.9 Å². The molecule has 4 heteroatoms. The minimum atomic E-state index is 0.0945. The minimum absolute atomic E-state index is 0.0945. The molecule has 0 aliphatic rings. The van der Waals surface area contributed by atoms with Crippen molar-refractivity contribution in [3.63, 3.8) is 0 Å². The molecule has 0 heterocycles. The molecule has 0 fully saturated rings. The van der Waals surface area contributed by atoms with E-state index in [1.807, 2.05) is 0 Å². The van der Waals surface area contributed by atoms with E-state index in [2.05, 4.69) is 23.8 Å². The number of nitrogens with zero attached hydrogens (tertiary/aromatic N) is 2. The average Bonchev–Trinajstić information content (AvgIpc) is 2.31. The Bertz CT molecular complexity index is 266. The monoisotopic (exact) mass is 224 g/mol. The standard InChI is InChI=1S/C12H20N2O2/c1-3-11(2)12(14-10-16)7-5-4-6-8-13-9-15/h11-12H,3-8H2,1-2H3. The topological polar surface area (TPSA) is 58.9 Å². The molecule has 4 nitrogen and oxygen atoms in total. The number of unbranched alkanes of at least 4 members (excludes halogenated alkanes) is 2. The van der Waals surface area contributed by atoms with Crippen molar-refractivity contribution >= 4 is 12.2 Å². The van der Waals surface area contributed by atoms with Gasteiger partial charge in [-0.2, -0.15) is 0 Å². The van der Waals surface area contributed by atoms with Crippen molar-refractivity contribution in [3.05, 3.63) is 0 Å². The van der Waals surface area contributed by atoms with Crippen LogP contribution in [0.1, 0.15) is 46.0 Å². The zero-order valence-corrected chi connectivity index (χ0v) is 10.1. The molecule has 2 unspecified atom stereocenters. The zero-order valence-electron chi connectivity index (χ0n) is 10.1. The first kappa shape index (κ1) is 14.8. The maximum Gasteiger partial charge on any atom is 0.235 e. The Morgan fingerprint density at radius 2 is 1.88 bits per heavy atom. The first-order valence-corrected chi connectivity index (χ1v) is 5.86. The highest BCUT2D eigenvalue weighted by Gasteiger charge is 2.13. The quantitative estimate of drug-likeness (QED) is 0.343. The molecule has 0 saturated carbocycles. The van der Waals surface area contributed by atoms with Crippen LogP contribution in [-0.4, -0.2) is 24.7 Å². The smallest absolute Gasteiger partial charge is 0.211 e. The van der Waals surface area contributed by atoms with E-state index in [1.54, 1.807) is 6.08 Å². The van der Waals surface area contributed by atoms with Crippen molar-refractivity contribution in [2.75, 3.05) is 6.54 Å². The maximum atomic E-state index is 10.3. The fourth-order valence-corrected chi connectivity index (χ4v) is 1.58. The van der Waals surface area contributed by atoms with Gasteiger partial charge in [-0.05, 0) is 18.8 Å². The van der Waals surface area contributed by atoms with E-state index in [9.17, 15) is 9.59 Å². The van der Waals surface area contributed by atoms with Crippen molar-refractivity contribution in [2.24, 2.45) is 15.9 Å². The Morgan fingerprint density at radius 3 is 2.44 bits per heavy atom. The van der Waals surface area contributed by atoms with Gasteiger partial charge < -0.3 is 0 Å². The third-order valence-electron chi connectivity index (χ3n) is 2.85. The fourth-order valence-electron chi connectivity index (χ4n) is 1.58. The second-order valence-corrected chi connectivity index (χ2v) is 4.00. The summed E-state index contributed by atoms with van der Waals surface area (Å²) in [6, 6.07) is 0.0945. The van der Waals surface area contributed by atoms with Gasteiger partial charge in [-0.25, -0.2) is 19.6 Å². The third-order valence-corrected chi connectivity index (χ3v) is 2.85. The largest absolute Gasteiger partial charge is 0.235 e. The predicted octanol–water partition coefficient (Wildman–Crippen LogP) is 2.63. The Morgan fingerprint density at radius 1 is 1.12 bits per heavy atom. The lowest BCUT2D eigenvalue weighted by atomic mass is 9.95. The lowest BCUT2D eigenvalue weighted by molar-refractivity contribution is 0.405. The molecule has 0 aliphatic carbocycles. The van der Waals surface area contributed by atoms with Crippen molar-refractivity contribution in [3.8, 4) is 0 Å². The van der Waals surface area contributed by atoms with E-state index < -0.39 is 0 Å². The second-order valence-electron chi connectivity index (χ2n) is 4.00. The molecule has 0 N–H and O–H groups in total. The summed E-state index contributed by atoms with van der Waals surface area (Å²) in [7, 11) is 0. The summed E-state index contributed by atoms with van der Waals surface area (Å²) in [6.07, 6.45) is 8.01. The summed E-state index contributed by atoms with van der Waals surface area (Å²) < 4.78 is 0. The van der Waals surface area contributed by atoms with Gasteiger partial charge in [-0.1, -0.05) is 33.1 Å². The predicted molar refractivity (Wildman–Crippen MR) is 62.8 cm³/mol. The zero-order chi connectivity index (χ0) is 12.2. The molecule has 0 saturated heterocycles. The summed E-state index contributed by atoms with van der Waals surface area (Å²) in [4.78, 5) is 27.4. The molecule has 0 aromatic carbocycles. The summed E-state index contributed by atoms with van der Waals surface area (Å²) >= 11 is 0. The highest BCUT2D eigenvalue weighted by molar-refractivity contribution is 5.33. The van der Waals surface area contributed by atoms with Gasteiger partial charge in [0.1, 0.15) is 0 Å². The van der Waals surface area contributed by atoms with Crippen LogP contribution in [0.5, 0.6) is 0 Å². The average molecular weight is 224 g/mol. The van der Waals surface area contributed by atoms with Crippen LogP contribution in [0.25, 0.3) is 0 Å². The summed E-state index contributed by atoms with van der Waals surface area (Å²) in [5.41, 5.74) is 0. The normalized spacial score (nSPS) is 13.4. The lowest BCUT2D eigenvalue weighted by Gasteiger charge is -2.16. The summed E-state index contributed by atoms with van der Waals surface area (Å²) in [5, 5.41) is 0. The van der Waals surface area contributed by atoms with Crippen molar-refractivity contribution in [1.29, 1.82) is 0 Å². The highest BCUT2D eigenvalue weighted by atomic mass is 16.1. The van der Waals surface area contributed by atoms with Crippen LogP contribution < -0.4 is 0 Å². The minimum Gasteiger partial charge on any atom is -0.211 e. The molecule has 0 aromatic rings. The van der Waals surface area contributed by atoms with Gasteiger partial charge >= 0.3 is 0 Å². The molecule has 90 valence electrons. The van der Waals surface area contributed by atoms with Gasteiger partial charge in [-0.15, -0.1) is 0 Å². The molecular weight excluding hydrogens is 204 g/mol. The van der Waals surface area contributed by atoms with Crippen molar-refractivity contribution < 1.29 is 9.59 Å². The highest BCUT2D eigenvalue weighted by Crippen LogP contribution is 2.17. The Balaban J connectivity index is 3.76. The molecule has 2 atom stereocenters. The fraction of sp³-hybridized carbons (Fsp3) is 0.833. The first-order chi connectivity index (χ1) is 7.76. The number of aliphatic imine (C=N–C) groups is 2. The van der Waals surface area contributed by atoms with Crippen LogP contribution in [-0.2, 0) is 9.59 Å². The van der Waals surface area contributed by atoms with E-state index in [0.29, 0.717) is 12.5 Å². The third kappa shape index (κ3) is 7.10. The molecule has 0 bridgehead atoms. The van der Waals surface area contributed by atoms with Crippen molar-refractivity contribution in [1.82, 2.24) is 0 Å². The van der Waals surface area contributed by atoms with E-state index in [1.165, 1.54) is 6.08 Å². The Kier molecular flexibility index (Phi) is 9.49. The first-order valence-electron chi connectivity index (χ1n) is 5.86. The number of isocyanates is 2. The number of hydrogen-bond acceptors (Lipinski definition) is 4. The molecular formula is C12H20N2O2. The molecule has 16 heavy (non-hydrogen) atoms. The van der Waals surface area contributed by atoms with Crippen LogP contribution >= 0.6 is 0 Å². The summed E-state index contributed by atoms with van der Waals surface area (Å²) in [5.74, 6) is 0.425. The maximum absolute atomic E-state index is 10.3. The van der Waals surface area contributed by atoms with Crippen LogP contribution in [0, 0.1) is 5.92 Å². The van der Waals surface area contributed by atoms with Crippen molar-refractivity contribution in [2.45, 2.75) is 52.0 Å². The summed E-state index contributed by atoms with van der Waals surface area (Å²) in [6.45, 7) is 4.74. The molecule has 0 rings (SSSR count). The van der Waals surface area contributed by atoms with Gasteiger partial charge in [0.25, 0.3) is 0 Å². The van der Waals surface area contributed by atoms with E-state index in [4.69, 9.17) is 0 Å². The number of hydrogen-bond donors (Lipinski definition) is 0. The van der Waals surface area contributed by atoms with Crippen LogP contribution in [0.3, 0.4) is 0 Å². The van der Waals surface area contributed by atoms with Gasteiger partial charge in [-0.3, -0.25) is 0 Å². The van der Waals surface area contributed by atoms with Crippen LogP contribution in [0.2, 0.25) is 0 Å².